The fourth-order valence-electron chi connectivity index (χ4n) is 1.45. The lowest BCUT2D eigenvalue weighted by atomic mass is 10.0. The molecule has 0 amide bonds. The molecule has 0 saturated heterocycles. The Kier molecular flexibility index (Phi) is 5.46. The van der Waals surface area contributed by atoms with Crippen molar-refractivity contribution in [3.8, 4) is 0 Å². The molecule has 0 aliphatic heterocycles. The molecule has 0 aliphatic carbocycles. The predicted molar refractivity (Wildman–Crippen MR) is 70.0 cm³/mol. The van der Waals surface area contributed by atoms with Gasteiger partial charge < -0.3 is 10.2 Å². The molecule has 1 heterocycles. The molecule has 6 nitrogen and oxygen atoms in total. The molecule has 1 aromatic heterocycles. The van der Waals surface area contributed by atoms with E-state index in [0.717, 1.165) is 6.07 Å². The minimum absolute atomic E-state index is 0.0424. The number of hydrogen-bond acceptors (Lipinski definition) is 5. The Hall–Kier alpha value is -0.760. The van der Waals surface area contributed by atoms with Gasteiger partial charge in [0.1, 0.15) is 17.0 Å². The predicted octanol–water partition coefficient (Wildman–Crippen LogP) is 2.13. The molecule has 0 bridgehead atoms. The molecular weight excluding hydrogens is 327 g/mol. The second-order valence-electron chi connectivity index (χ2n) is 3.72. The van der Waals surface area contributed by atoms with E-state index >= 15 is 0 Å². The SMILES string of the molecule is Cc1nc(Cl)c(C(O)C(O)CCBr)cc1[N+](=O)[O-]. The Morgan fingerprint density at radius 3 is 2.72 bits per heavy atom. The van der Waals surface area contributed by atoms with E-state index < -0.39 is 17.1 Å². The number of aliphatic hydroxyl groups excluding tert-OH is 2. The number of aromatic nitrogens is 1. The molecule has 0 spiro atoms. The second-order valence-corrected chi connectivity index (χ2v) is 4.87. The van der Waals surface area contributed by atoms with Crippen LogP contribution in [0.25, 0.3) is 0 Å². The van der Waals surface area contributed by atoms with Gasteiger partial charge in [0, 0.05) is 17.0 Å². The monoisotopic (exact) mass is 338 g/mol. The first-order valence-electron chi connectivity index (χ1n) is 5.12. The zero-order valence-corrected chi connectivity index (χ0v) is 11.8. The van der Waals surface area contributed by atoms with Crippen molar-refractivity contribution < 1.29 is 15.1 Å². The van der Waals surface area contributed by atoms with Gasteiger partial charge in [-0.1, -0.05) is 27.5 Å². The third-order valence-corrected chi connectivity index (χ3v) is 3.21. The van der Waals surface area contributed by atoms with Gasteiger partial charge in [0.05, 0.1) is 11.0 Å². The van der Waals surface area contributed by atoms with Crippen molar-refractivity contribution in [2.24, 2.45) is 0 Å². The molecule has 0 aliphatic rings. The van der Waals surface area contributed by atoms with Crippen molar-refractivity contribution in [1.29, 1.82) is 0 Å². The molecular formula is C10H12BrClN2O4. The highest BCUT2D eigenvalue weighted by Crippen LogP contribution is 2.30. The number of rotatable bonds is 5. The van der Waals surface area contributed by atoms with Gasteiger partial charge in [0.25, 0.3) is 5.69 Å². The lowest BCUT2D eigenvalue weighted by Crippen LogP contribution is -2.19. The highest BCUT2D eigenvalue weighted by Gasteiger charge is 2.25. The van der Waals surface area contributed by atoms with Crippen LogP contribution in [-0.2, 0) is 0 Å². The van der Waals surface area contributed by atoms with Crippen LogP contribution in [0.15, 0.2) is 6.07 Å². The number of aryl methyl sites for hydroxylation is 1. The van der Waals surface area contributed by atoms with Crippen molar-refractivity contribution in [2.75, 3.05) is 5.33 Å². The zero-order valence-electron chi connectivity index (χ0n) is 9.51. The summed E-state index contributed by atoms with van der Waals surface area (Å²) < 4.78 is 0. The maximum atomic E-state index is 10.8. The smallest absolute Gasteiger partial charge is 0.290 e. The van der Waals surface area contributed by atoms with E-state index in [4.69, 9.17) is 11.6 Å². The van der Waals surface area contributed by atoms with E-state index in [2.05, 4.69) is 20.9 Å². The van der Waals surface area contributed by atoms with Gasteiger partial charge in [-0.15, -0.1) is 0 Å². The summed E-state index contributed by atoms with van der Waals surface area (Å²) in [5.41, 5.74) is -0.0159. The topological polar surface area (TPSA) is 96.5 Å². The van der Waals surface area contributed by atoms with Gasteiger partial charge in [-0.05, 0) is 13.3 Å². The van der Waals surface area contributed by atoms with Gasteiger partial charge >= 0.3 is 0 Å². The highest BCUT2D eigenvalue weighted by molar-refractivity contribution is 9.09. The number of hydrogen-bond donors (Lipinski definition) is 2. The summed E-state index contributed by atoms with van der Waals surface area (Å²) in [4.78, 5) is 14.0. The normalized spacial score (nSPS) is 14.3. The average Bonchev–Trinajstić information content (AvgIpc) is 2.28. The zero-order chi connectivity index (χ0) is 13.9. The van der Waals surface area contributed by atoms with Gasteiger partial charge in [0.2, 0.25) is 0 Å². The van der Waals surface area contributed by atoms with Crippen LogP contribution in [0.5, 0.6) is 0 Å². The number of nitrogens with zero attached hydrogens (tertiary/aromatic N) is 2. The van der Waals surface area contributed by atoms with Crippen LogP contribution in [-0.4, -0.2) is 31.6 Å². The fraction of sp³-hybridized carbons (Fsp3) is 0.500. The maximum Gasteiger partial charge on any atom is 0.290 e. The molecule has 2 unspecified atom stereocenters. The largest absolute Gasteiger partial charge is 0.390 e. The molecule has 2 N–H and O–H groups in total. The van der Waals surface area contributed by atoms with Crippen LogP contribution in [0.3, 0.4) is 0 Å². The maximum absolute atomic E-state index is 10.8. The molecule has 0 saturated carbocycles. The van der Waals surface area contributed by atoms with Crippen LogP contribution in [0.1, 0.15) is 23.8 Å². The first-order chi connectivity index (χ1) is 8.38. The fourth-order valence-corrected chi connectivity index (χ4v) is 2.21. The molecule has 0 radical (unpaired) electrons. The molecule has 0 fully saturated rings. The quantitative estimate of drug-likeness (QED) is 0.371. The van der Waals surface area contributed by atoms with Crippen molar-refractivity contribution in [1.82, 2.24) is 4.98 Å². The van der Waals surface area contributed by atoms with Crippen LogP contribution in [0, 0.1) is 17.0 Å². The van der Waals surface area contributed by atoms with Crippen LogP contribution < -0.4 is 0 Å². The van der Waals surface area contributed by atoms with Crippen molar-refractivity contribution >= 4 is 33.2 Å². The van der Waals surface area contributed by atoms with Crippen LogP contribution >= 0.6 is 27.5 Å². The summed E-state index contributed by atoms with van der Waals surface area (Å²) in [5, 5.41) is 30.8. The summed E-state index contributed by atoms with van der Waals surface area (Å²) >= 11 is 8.96. The summed E-state index contributed by atoms with van der Waals surface area (Å²) in [7, 11) is 0. The van der Waals surface area contributed by atoms with E-state index in [0.29, 0.717) is 11.8 Å². The summed E-state index contributed by atoms with van der Waals surface area (Å²) in [5.74, 6) is 0. The Balaban J connectivity index is 3.15. The van der Waals surface area contributed by atoms with Gasteiger partial charge in [0.15, 0.2) is 0 Å². The number of pyridine rings is 1. The number of nitro groups is 1. The Morgan fingerprint density at radius 1 is 1.61 bits per heavy atom. The molecule has 1 aromatic rings. The highest BCUT2D eigenvalue weighted by atomic mass is 79.9. The number of aliphatic hydroxyl groups is 2. The molecule has 100 valence electrons. The van der Waals surface area contributed by atoms with Gasteiger partial charge in [-0.25, -0.2) is 4.98 Å². The molecule has 2 atom stereocenters. The molecule has 18 heavy (non-hydrogen) atoms. The Morgan fingerprint density at radius 2 is 2.22 bits per heavy atom. The third kappa shape index (κ3) is 3.38. The molecule has 1 rings (SSSR count). The molecule has 8 heteroatoms. The third-order valence-electron chi connectivity index (χ3n) is 2.45. The first kappa shape index (κ1) is 15.3. The standard InChI is InChI=1S/C10H12BrClN2O4/c1-5-7(14(17)18)4-6(10(12)13-5)9(16)8(15)2-3-11/h4,8-9,15-16H,2-3H2,1H3. The summed E-state index contributed by atoms with van der Waals surface area (Å²) in [6.07, 6.45) is -2.08. The van der Waals surface area contributed by atoms with E-state index in [-0.39, 0.29) is 22.1 Å². The minimum Gasteiger partial charge on any atom is -0.390 e. The van der Waals surface area contributed by atoms with Crippen molar-refractivity contribution in [3.05, 3.63) is 32.6 Å². The lowest BCUT2D eigenvalue weighted by molar-refractivity contribution is -0.385. The van der Waals surface area contributed by atoms with Crippen molar-refractivity contribution in [3.63, 3.8) is 0 Å². The van der Waals surface area contributed by atoms with Gasteiger partial charge in [-0.3, -0.25) is 10.1 Å². The lowest BCUT2D eigenvalue weighted by Gasteiger charge is -2.18. The first-order valence-corrected chi connectivity index (χ1v) is 6.62. The Labute approximate surface area is 117 Å². The van der Waals surface area contributed by atoms with Gasteiger partial charge in [-0.2, -0.15) is 0 Å². The van der Waals surface area contributed by atoms with Crippen LogP contribution in [0.2, 0.25) is 5.15 Å². The number of halogens is 2. The average molecular weight is 340 g/mol. The van der Waals surface area contributed by atoms with E-state index in [1.165, 1.54) is 6.92 Å². The number of alkyl halides is 1. The summed E-state index contributed by atoms with van der Waals surface area (Å²) in [6, 6.07) is 1.15. The van der Waals surface area contributed by atoms with E-state index in [9.17, 15) is 20.3 Å². The Bertz CT molecular complexity index is 458. The molecule has 0 aromatic carbocycles. The van der Waals surface area contributed by atoms with Crippen LogP contribution in [0.4, 0.5) is 5.69 Å². The van der Waals surface area contributed by atoms with E-state index in [1.54, 1.807) is 0 Å². The second kappa shape index (κ2) is 6.42. The minimum atomic E-state index is -1.30. The summed E-state index contributed by atoms with van der Waals surface area (Å²) in [6.45, 7) is 1.45. The van der Waals surface area contributed by atoms with Crippen molar-refractivity contribution in [2.45, 2.75) is 25.6 Å². The van der Waals surface area contributed by atoms with E-state index in [1.807, 2.05) is 0 Å².